The predicted octanol–water partition coefficient (Wildman–Crippen LogP) is 1.88. The van der Waals surface area contributed by atoms with E-state index in [1.165, 1.54) is 18.2 Å². The predicted molar refractivity (Wildman–Crippen MR) is 72.8 cm³/mol. The normalized spacial score (nSPS) is 11.2. The molecule has 0 saturated heterocycles. The number of terminal acetylenes is 1. The number of rotatable bonds is 7. The first-order valence-corrected chi connectivity index (χ1v) is 5.84. The summed E-state index contributed by atoms with van der Waals surface area (Å²) in [6.45, 7) is 1.96. The van der Waals surface area contributed by atoms with E-state index in [1.54, 1.807) is 6.92 Å². The van der Waals surface area contributed by atoms with Crippen molar-refractivity contribution < 1.29 is 19.6 Å². The average Bonchev–Trinajstić information content (AvgIpc) is 2.38. The number of anilines is 1. The Bertz CT molecular complexity index is 550. The van der Waals surface area contributed by atoms with Crippen LogP contribution in [0.1, 0.15) is 13.3 Å². The van der Waals surface area contributed by atoms with Gasteiger partial charge in [0.25, 0.3) is 0 Å². The van der Waals surface area contributed by atoms with Crippen molar-refractivity contribution >= 4 is 17.3 Å². The molecule has 0 amide bonds. The van der Waals surface area contributed by atoms with Crippen LogP contribution in [0.4, 0.5) is 11.4 Å². The van der Waals surface area contributed by atoms with Crippen LogP contribution >= 0.6 is 0 Å². The molecule has 2 N–H and O–H groups in total. The standard InChI is InChI=1S/C13H14N2O5/c1-3-6-10(13(16)17)14-9-7-5-8-11(20-4-2)12(9)15(18)19/h1,5,7-8,10,14H,4,6H2,2H3,(H,16,17). The fourth-order valence-corrected chi connectivity index (χ4v) is 1.60. The van der Waals surface area contributed by atoms with Crippen molar-refractivity contribution in [3.8, 4) is 18.1 Å². The fraction of sp³-hybridized carbons (Fsp3) is 0.308. The lowest BCUT2D eigenvalue weighted by atomic mass is 10.1. The molecule has 20 heavy (non-hydrogen) atoms. The largest absolute Gasteiger partial charge is 0.487 e. The lowest BCUT2D eigenvalue weighted by Gasteiger charge is -2.14. The van der Waals surface area contributed by atoms with E-state index in [-0.39, 0.29) is 30.2 Å². The maximum atomic E-state index is 11.1. The molecule has 7 nitrogen and oxygen atoms in total. The van der Waals surface area contributed by atoms with Gasteiger partial charge in [0.15, 0.2) is 5.75 Å². The molecule has 0 spiro atoms. The minimum absolute atomic E-state index is 0.0589. The van der Waals surface area contributed by atoms with Gasteiger partial charge in [-0.25, -0.2) is 4.79 Å². The Morgan fingerprint density at radius 1 is 1.65 bits per heavy atom. The maximum Gasteiger partial charge on any atom is 0.333 e. The second kappa shape index (κ2) is 6.99. The molecule has 1 atom stereocenters. The lowest BCUT2D eigenvalue weighted by molar-refractivity contribution is -0.384. The molecular formula is C13H14N2O5. The van der Waals surface area contributed by atoms with E-state index >= 15 is 0 Å². The first kappa shape index (κ1) is 15.3. The number of ether oxygens (including phenoxy) is 1. The summed E-state index contributed by atoms with van der Waals surface area (Å²) in [5.74, 6) is 1.11. The van der Waals surface area contributed by atoms with Gasteiger partial charge < -0.3 is 15.2 Å². The Balaban J connectivity index is 3.17. The highest BCUT2D eigenvalue weighted by Crippen LogP contribution is 2.35. The number of carboxylic acid groups (broad SMARTS) is 1. The molecule has 7 heteroatoms. The zero-order valence-corrected chi connectivity index (χ0v) is 10.8. The van der Waals surface area contributed by atoms with Gasteiger partial charge in [-0.2, -0.15) is 0 Å². The van der Waals surface area contributed by atoms with Crippen LogP contribution in [-0.2, 0) is 4.79 Å². The van der Waals surface area contributed by atoms with Gasteiger partial charge in [-0.3, -0.25) is 10.1 Å². The summed E-state index contributed by atoms with van der Waals surface area (Å²) in [6.07, 6.45) is 4.99. The molecule has 0 aliphatic heterocycles. The summed E-state index contributed by atoms with van der Waals surface area (Å²) in [4.78, 5) is 21.5. The maximum absolute atomic E-state index is 11.1. The van der Waals surface area contributed by atoms with E-state index in [0.29, 0.717) is 0 Å². The van der Waals surface area contributed by atoms with Crippen LogP contribution < -0.4 is 10.1 Å². The van der Waals surface area contributed by atoms with Crippen LogP contribution in [0, 0.1) is 22.5 Å². The molecule has 0 heterocycles. The van der Waals surface area contributed by atoms with Crippen LogP contribution in [-0.4, -0.2) is 28.6 Å². The second-order valence-electron chi connectivity index (χ2n) is 3.79. The Hall–Kier alpha value is -2.75. The summed E-state index contributed by atoms with van der Waals surface area (Å²) in [5.41, 5.74) is -0.249. The summed E-state index contributed by atoms with van der Waals surface area (Å²) in [7, 11) is 0. The number of aliphatic carboxylic acids is 1. The highest BCUT2D eigenvalue weighted by Gasteiger charge is 2.25. The number of hydrogen-bond acceptors (Lipinski definition) is 5. The highest BCUT2D eigenvalue weighted by atomic mass is 16.6. The SMILES string of the molecule is C#CCC(Nc1cccc(OCC)c1[N+](=O)[O-])C(=O)O. The smallest absolute Gasteiger partial charge is 0.333 e. The number of carboxylic acids is 1. The molecular weight excluding hydrogens is 264 g/mol. The van der Waals surface area contributed by atoms with Crippen molar-refractivity contribution in [2.45, 2.75) is 19.4 Å². The van der Waals surface area contributed by atoms with Gasteiger partial charge in [-0.1, -0.05) is 6.07 Å². The Morgan fingerprint density at radius 3 is 2.85 bits per heavy atom. The minimum Gasteiger partial charge on any atom is -0.487 e. The first-order chi connectivity index (χ1) is 9.51. The molecule has 0 bridgehead atoms. The van der Waals surface area contributed by atoms with Crippen molar-refractivity contribution in [1.82, 2.24) is 0 Å². The fourth-order valence-electron chi connectivity index (χ4n) is 1.60. The molecule has 1 aromatic carbocycles. The van der Waals surface area contributed by atoms with Gasteiger partial charge in [0.2, 0.25) is 0 Å². The van der Waals surface area contributed by atoms with Gasteiger partial charge in [0.1, 0.15) is 11.7 Å². The van der Waals surface area contributed by atoms with Crippen molar-refractivity contribution in [3.05, 3.63) is 28.3 Å². The molecule has 1 aromatic rings. The van der Waals surface area contributed by atoms with E-state index in [0.717, 1.165) is 0 Å². The Kier molecular flexibility index (Phi) is 5.35. The van der Waals surface area contributed by atoms with Crippen molar-refractivity contribution in [2.24, 2.45) is 0 Å². The van der Waals surface area contributed by atoms with Gasteiger partial charge in [-0.05, 0) is 19.1 Å². The molecule has 106 valence electrons. The van der Waals surface area contributed by atoms with E-state index in [1.807, 2.05) is 0 Å². The molecule has 0 fully saturated rings. The Labute approximate surface area is 115 Å². The highest BCUT2D eigenvalue weighted by molar-refractivity contribution is 5.80. The van der Waals surface area contributed by atoms with E-state index in [9.17, 15) is 14.9 Å². The quantitative estimate of drug-likeness (QED) is 0.448. The van der Waals surface area contributed by atoms with Gasteiger partial charge in [0, 0.05) is 6.42 Å². The van der Waals surface area contributed by atoms with Gasteiger partial charge >= 0.3 is 11.7 Å². The number of benzene rings is 1. The number of nitro groups is 1. The average molecular weight is 278 g/mol. The summed E-state index contributed by atoms with van der Waals surface area (Å²) in [6, 6.07) is 3.29. The van der Waals surface area contributed by atoms with Crippen LogP contribution in [0.2, 0.25) is 0 Å². The zero-order chi connectivity index (χ0) is 15.1. The number of nitro benzene ring substituents is 1. The number of para-hydroxylation sites is 1. The number of nitrogens with zero attached hydrogens (tertiary/aromatic N) is 1. The van der Waals surface area contributed by atoms with E-state index in [4.69, 9.17) is 16.3 Å². The molecule has 0 saturated carbocycles. The van der Waals surface area contributed by atoms with Crippen LogP contribution in [0.5, 0.6) is 5.75 Å². The number of hydrogen-bond donors (Lipinski definition) is 2. The van der Waals surface area contributed by atoms with Crippen molar-refractivity contribution in [2.75, 3.05) is 11.9 Å². The summed E-state index contributed by atoms with van der Waals surface area (Å²) >= 11 is 0. The lowest BCUT2D eigenvalue weighted by Crippen LogP contribution is -2.29. The van der Waals surface area contributed by atoms with Crippen LogP contribution in [0.15, 0.2) is 18.2 Å². The van der Waals surface area contributed by atoms with Gasteiger partial charge in [-0.15, -0.1) is 12.3 Å². The third-order valence-corrected chi connectivity index (χ3v) is 2.43. The third-order valence-electron chi connectivity index (χ3n) is 2.43. The number of carbonyl (C=O) groups is 1. The van der Waals surface area contributed by atoms with Crippen molar-refractivity contribution in [3.63, 3.8) is 0 Å². The third kappa shape index (κ3) is 3.62. The van der Waals surface area contributed by atoms with Crippen LogP contribution in [0.3, 0.4) is 0 Å². The monoisotopic (exact) mass is 278 g/mol. The molecule has 1 rings (SSSR count). The topological polar surface area (TPSA) is 102 Å². The van der Waals surface area contributed by atoms with Crippen molar-refractivity contribution in [1.29, 1.82) is 0 Å². The minimum atomic E-state index is -1.18. The number of nitrogens with one attached hydrogen (secondary N) is 1. The van der Waals surface area contributed by atoms with Gasteiger partial charge in [0.05, 0.1) is 11.5 Å². The summed E-state index contributed by atoms with van der Waals surface area (Å²) < 4.78 is 5.17. The Morgan fingerprint density at radius 2 is 2.35 bits per heavy atom. The molecule has 0 radical (unpaired) electrons. The molecule has 0 aromatic heterocycles. The molecule has 0 aliphatic rings. The molecule has 1 unspecified atom stereocenters. The summed E-state index contributed by atoms with van der Waals surface area (Å²) in [5, 5.41) is 22.7. The second-order valence-corrected chi connectivity index (χ2v) is 3.79. The van der Waals surface area contributed by atoms with E-state index in [2.05, 4.69) is 11.2 Å². The van der Waals surface area contributed by atoms with Crippen LogP contribution in [0.25, 0.3) is 0 Å². The molecule has 0 aliphatic carbocycles. The first-order valence-electron chi connectivity index (χ1n) is 5.84. The van der Waals surface area contributed by atoms with E-state index < -0.39 is 16.9 Å². The zero-order valence-electron chi connectivity index (χ0n) is 10.8.